The third-order valence-electron chi connectivity index (χ3n) is 19.8. The molecule has 6 aromatic carbocycles. The number of phenols is 1. The number of aliphatic hydroxyl groups excluding tert-OH is 3. The van der Waals surface area contributed by atoms with Gasteiger partial charge in [-0.05, 0) is 103 Å². The van der Waals surface area contributed by atoms with Crippen LogP contribution < -0.4 is 70.0 Å². The summed E-state index contributed by atoms with van der Waals surface area (Å²) in [6.07, 6.45) is -2.63. The van der Waals surface area contributed by atoms with Crippen molar-refractivity contribution in [2.75, 3.05) is 31.7 Å². The second kappa shape index (κ2) is 46.1. The van der Waals surface area contributed by atoms with E-state index in [-0.39, 0.29) is 75.5 Å². The Morgan fingerprint density at radius 1 is 0.500 bits per heavy atom. The lowest BCUT2D eigenvalue weighted by Crippen LogP contribution is -2.63. The first-order chi connectivity index (χ1) is 56.5. The van der Waals surface area contributed by atoms with Crippen LogP contribution in [0.15, 0.2) is 170 Å². The maximum atomic E-state index is 16.0. The predicted octanol–water partition coefficient (Wildman–Crippen LogP) is 0.492. The highest BCUT2D eigenvalue weighted by Crippen LogP contribution is 2.26. The molecule has 0 aliphatic carbocycles. The van der Waals surface area contributed by atoms with E-state index in [1.807, 2.05) is 32.0 Å². The number of aliphatic carboxylic acids is 1. The number of aromatic hydroxyl groups is 1. The Bertz CT molecular complexity index is 4510. The average Bonchev–Trinajstić information content (AvgIpc) is 1.47. The second-order valence-corrected chi connectivity index (χ2v) is 32.0. The number of likely N-dealkylation sites (N-methyl/N-ethyl adjacent to an activating group) is 1. The molecule has 7 aromatic rings. The van der Waals surface area contributed by atoms with Gasteiger partial charge in [-0.15, -0.1) is 0 Å². The molecule has 8 rings (SSSR count). The maximum Gasteiger partial charge on any atom is 0.327 e. The number of carbonyl (C=O) groups excluding carboxylic acids is 11. The second-order valence-electron chi connectivity index (χ2n) is 29.4. The number of carbonyl (C=O) groups is 12. The number of rotatable bonds is 25. The molecule has 34 heteroatoms. The van der Waals surface area contributed by atoms with Gasteiger partial charge in [0.25, 0.3) is 0 Å². The monoisotopic (exact) mass is 1660 g/mol. The summed E-state index contributed by atoms with van der Waals surface area (Å²) >= 11 is 0. The molecule has 0 radical (unpaired) electrons. The van der Waals surface area contributed by atoms with E-state index in [2.05, 4.69) is 63.5 Å². The number of fused-ring (bicyclic) bond motifs is 1. The summed E-state index contributed by atoms with van der Waals surface area (Å²) in [6.45, 7) is 5.76. The molecular weight excluding hydrogens is 1560 g/mol. The molecule has 1 aromatic heterocycles. The lowest BCUT2D eigenvalue weighted by atomic mass is 9.98. The first kappa shape index (κ1) is 92.3. The molecule has 0 spiro atoms. The van der Waals surface area contributed by atoms with Gasteiger partial charge in [0.05, 0.1) is 24.9 Å². The fourth-order valence-corrected chi connectivity index (χ4v) is 15.4. The van der Waals surface area contributed by atoms with Gasteiger partial charge in [0, 0.05) is 80.3 Å². The van der Waals surface area contributed by atoms with Gasteiger partial charge < -0.3 is 105 Å². The number of nitrogens with two attached hydrogens (primary N) is 2. The summed E-state index contributed by atoms with van der Waals surface area (Å²) in [4.78, 5) is 182. The van der Waals surface area contributed by atoms with Gasteiger partial charge in [-0.1, -0.05) is 181 Å². The minimum absolute atomic E-state index is 0.0529. The van der Waals surface area contributed by atoms with E-state index in [0.717, 1.165) is 39.0 Å². The number of aromatic amines is 1. The highest BCUT2D eigenvalue weighted by Gasteiger charge is 2.41. The number of unbranched alkanes of at least 4 members (excludes halogenated alkanes) is 1. The highest BCUT2D eigenvalue weighted by molar-refractivity contribution is 8.76. The Hall–Kier alpha value is -11.2. The van der Waals surface area contributed by atoms with Crippen LogP contribution in [-0.2, 0) is 103 Å². The Balaban J connectivity index is 1.23. The number of amides is 11. The smallest absolute Gasteiger partial charge is 0.327 e. The fraction of sp³-hybridized carbons (Fsp3) is 0.405. The third-order valence-corrected chi connectivity index (χ3v) is 22.2. The molecule has 21 N–H and O–H groups in total. The quantitative estimate of drug-likeness (QED) is 0.0273. The zero-order valence-corrected chi connectivity index (χ0v) is 67.9. The molecule has 32 nitrogen and oxygen atoms in total. The van der Waals surface area contributed by atoms with Gasteiger partial charge in [0.1, 0.15) is 72.2 Å². The van der Waals surface area contributed by atoms with Gasteiger partial charge in [-0.3, -0.25) is 52.7 Å². The van der Waals surface area contributed by atoms with Gasteiger partial charge in [0.2, 0.25) is 65.0 Å². The Labute approximate surface area is 691 Å². The van der Waals surface area contributed by atoms with Crippen LogP contribution in [0.25, 0.3) is 10.9 Å². The third kappa shape index (κ3) is 28.3. The summed E-state index contributed by atoms with van der Waals surface area (Å²) in [5.74, 6) is -13.6. The molecule has 632 valence electrons. The summed E-state index contributed by atoms with van der Waals surface area (Å²) in [7, 11) is 2.98. The van der Waals surface area contributed by atoms with E-state index in [4.69, 9.17) is 11.5 Å². The topological polar surface area (TPSA) is 509 Å². The summed E-state index contributed by atoms with van der Waals surface area (Å²) < 4.78 is 0. The van der Waals surface area contributed by atoms with Crippen molar-refractivity contribution in [3.63, 3.8) is 0 Å². The number of hydrogen-bond donors (Lipinski definition) is 19. The standard InChI is InChI=1S/C84H107N15O17S2/c1-48(2)87-43-56-30-28-55(29-31-56)41-70-80(111)98-72(50(4)102)81(112)92-65(40-53-23-13-8-14-24-53)77(108)97-71(49(3)101)82(113)94-67(45-100)78(109)96-69(84(115)116)47-118-117-46-68(95-73(104)60(86)37-54-32-34-58(103)35-33-54)79(110)89-62(27-17-18-36-85)74(105)90-63(38-51-19-9-6-10-20-51)75(106)91-64(39-52-21-11-7-12-22-52)76(107)93-66(83(114)99(70)5)42-57-44-88-61-26-16-15-25-59(57)61/h6-16,19-26,28-35,44,48-50,60,62-72,87-88,100-103H,17-18,27,36-43,45-47,85-86H2,1-5H3,(H,89,110)(H,90,105)(H,91,106)(H,92,112)(H,93,107)(H,94,113)(H,95,104)(H,96,109)(H,97,108)(H,98,111)(H,115,116)/t49-,50-,60+,62+,63+,64+,65+,66-,67+,68+,69+,70+,71+,72-/m1/s1. The van der Waals surface area contributed by atoms with Crippen molar-refractivity contribution in [2.24, 2.45) is 11.5 Å². The van der Waals surface area contributed by atoms with Gasteiger partial charge >= 0.3 is 5.97 Å². The van der Waals surface area contributed by atoms with Crippen LogP contribution in [-0.4, -0.2) is 229 Å². The molecule has 1 saturated heterocycles. The van der Waals surface area contributed by atoms with Crippen LogP contribution in [0.2, 0.25) is 0 Å². The molecule has 1 aliphatic heterocycles. The molecule has 0 bridgehead atoms. The molecule has 0 saturated carbocycles. The van der Waals surface area contributed by atoms with Crippen molar-refractivity contribution in [1.29, 1.82) is 0 Å². The number of carboxylic acid groups (broad SMARTS) is 1. The number of H-pyrrole nitrogens is 1. The van der Waals surface area contributed by atoms with Crippen molar-refractivity contribution in [3.05, 3.63) is 209 Å². The van der Waals surface area contributed by atoms with Crippen molar-refractivity contribution < 1.29 is 83.1 Å². The van der Waals surface area contributed by atoms with Crippen LogP contribution in [0, 0.1) is 0 Å². The molecule has 14 atom stereocenters. The number of hydrogen-bond acceptors (Lipinski definition) is 21. The molecule has 1 fully saturated rings. The Kier molecular flexibility index (Phi) is 36.0. The van der Waals surface area contributed by atoms with Crippen LogP contribution in [0.5, 0.6) is 5.75 Å². The minimum atomic E-state index is -1.96. The van der Waals surface area contributed by atoms with Crippen molar-refractivity contribution in [3.8, 4) is 5.75 Å². The van der Waals surface area contributed by atoms with Crippen LogP contribution in [0.4, 0.5) is 0 Å². The van der Waals surface area contributed by atoms with Gasteiger partial charge in [0.15, 0.2) is 0 Å². The number of carboxylic acids is 1. The number of aliphatic hydroxyl groups is 3. The van der Waals surface area contributed by atoms with Crippen molar-refractivity contribution in [1.82, 2.24) is 68.4 Å². The first-order valence-electron chi connectivity index (χ1n) is 38.9. The summed E-state index contributed by atoms with van der Waals surface area (Å²) in [5.41, 5.74) is 17.1. The maximum absolute atomic E-state index is 16.0. The van der Waals surface area contributed by atoms with E-state index < -0.39 is 168 Å². The molecule has 11 amide bonds. The normalized spacial score (nSPS) is 22.7. The molecule has 1 aliphatic rings. The predicted molar refractivity (Wildman–Crippen MR) is 446 cm³/mol. The first-order valence-corrected chi connectivity index (χ1v) is 41.4. The summed E-state index contributed by atoms with van der Waals surface area (Å²) in [6, 6.07) is 25.9. The largest absolute Gasteiger partial charge is 0.508 e. The van der Waals surface area contributed by atoms with Crippen molar-refractivity contribution in [2.45, 2.75) is 183 Å². The van der Waals surface area contributed by atoms with Crippen molar-refractivity contribution >= 4 is 103 Å². The molecule has 2 heterocycles. The lowest BCUT2D eigenvalue weighted by molar-refractivity contribution is -0.143. The zero-order chi connectivity index (χ0) is 85.5. The number of nitrogens with one attached hydrogen (secondary N) is 12. The highest BCUT2D eigenvalue weighted by atomic mass is 33.1. The SMILES string of the molecule is CC(C)NCc1ccc(C[C@H]2C(=O)N[C@H]([C@@H](C)O)C(=O)N[C@@H](Cc3ccccc3)C(=O)N[C@@H]([C@@H](C)O)C(=O)N[C@@H](CO)C(=O)N[C@H](C(=O)O)CSSC[C@H](NC(=O)[C@@H](N)Cc3ccc(O)cc3)C(=O)N[C@@H](CCCCN)C(=O)N[C@@H](Cc3ccccc3)C(=O)N[C@@H](Cc3ccccc3)C(=O)N[C@H](Cc3c[nH]c4ccccc34)C(=O)N2C)cc1. The number of phenolic OH excluding ortho intramolecular Hbond substituents is 1. The zero-order valence-electron chi connectivity index (χ0n) is 66.3. The summed E-state index contributed by atoms with van der Waals surface area (Å²) in [5, 5.41) is 83.8. The fourth-order valence-electron chi connectivity index (χ4n) is 13.0. The lowest BCUT2D eigenvalue weighted by Gasteiger charge is -2.33. The van der Waals surface area contributed by atoms with E-state index >= 15 is 24.0 Å². The number of para-hydroxylation sites is 1. The average molecular weight is 1660 g/mol. The van der Waals surface area contributed by atoms with E-state index in [1.54, 1.807) is 128 Å². The van der Waals surface area contributed by atoms with Crippen LogP contribution in [0.1, 0.15) is 85.9 Å². The van der Waals surface area contributed by atoms with Gasteiger partial charge in [-0.2, -0.15) is 0 Å². The number of benzene rings is 6. The molecule has 0 unspecified atom stereocenters. The van der Waals surface area contributed by atoms with Crippen LogP contribution in [0.3, 0.4) is 0 Å². The number of aromatic nitrogens is 1. The van der Waals surface area contributed by atoms with Crippen LogP contribution >= 0.6 is 21.6 Å². The Morgan fingerprint density at radius 3 is 1.47 bits per heavy atom. The van der Waals surface area contributed by atoms with E-state index in [0.29, 0.717) is 57.2 Å². The van der Waals surface area contributed by atoms with E-state index in [9.17, 15) is 59.1 Å². The van der Waals surface area contributed by atoms with Gasteiger partial charge in [-0.25, -0.2) is 4.79 Å². The molecular formula is C84H107N15O17S2. The minimum Gasteiger partial charge on any atom is -0.508 e. The van der Waals surface area contributed by atoms with E-state index in [1.165, 1.54) is 38.2 Å². The molecule has 118 heavy (non-hydrogen) atoms. The number of nitrogens with zero attached hydrogens (tertiary/aromatic N) is 1. The Morgan fingerprint density at radius 2 is 0.949 bits per heavy atom.